The van der Waals surface area contributed by atoms with E-state index in [0.717, 1.165) is 24.8 Å². The van der Waals surface area contributed by atoms with Crippen LogP contribution >= 0.6 is 0 Å². The van der Waals surface area contributed by atoms with E-state index in [1.54, 1.807) is 18.2 Å². The Morgan fingerprint density at radius 3 is 2.60 bits per heavy atom. The standard InChI is InChI=1S/C15H20N2O3/c1-10-4-5-12(8-13(10)17-11(2)18)14(19)16-9-15(20)6-3-7-15/h4-5,8,20H,3,6-7,9H2,1-2H3,(H,16,19)(H,17,18). The van der Waals surface area contributed by atoms with E-state index < -0.39 is 5.60 Å². The summed E-state index contributed by atoms with van der Waals surface area (Å²) in [6, 6.07) is 5.15. The molecule has 5 heteroatoms. The Morgan fingerprint density at radius 1 is 1.35 bits per heavy atom. The number of aliphatic hydroxyl groups is 1. The third kappa shape index (κ3) is 3.36. The molecule has 1 aliphatic carbocycles. The molecule has 1 aliphatic rings. The van der Waals surface area contributed by atoms with Gasteiger partial charge < -0.3 is 15.7 Å². The molecule has 0 heterocycles. The summed E-state index contributed by atoms with van der Waals surface area (Å²) >= 11 is 0. The first-order chi connectivity index (χ1) is 9.39. The summed E-state index contributed by atoms with van der Waals surface area (Å²) in [5.41, 5.74) is 1.27. The summed E-state index contributed by atoms with van der Waals surface area (Å²) in [5.74, 6) is -0.411. The topological polar surface area (TPSA) is 78.4 Å². The van der Waals surface area contributed by atoms with Crippen LogP contribution in [0.2, 0.25) is 0 Å². The number of hydrogen-bond acceptors (Lipinski definition) is 3. The minimum Gasteiger partial charge on any atom is -0.388 e. The van der Waals surface area contributed by atoms with Crippen LogP contribution in [0.1, 0.15) is 42.1 Å². The van der Waals surface area contributed by atoms with E-state index in [2.05, 4.69) is 10.6 Å². The molecule has 0 aliphatic heterocycles. The molecular weight excluding hydrogens is 256 g/mol. The van der Waals surface area contributed by atoms with Crippen molar-refractivity contribution < 1.29 is 14.7 Å². The average Bonchev–Trinajstić information content (AvgIpc) is 2.35. The highest BCUT2D eigenvalue weighted by Gasteiger charge is 2.34. The Kier molecular flexibility index (Phi) is 4.09. The maximum Gasteiger partial charge on any atom is 0.251 e. The molecule has 3 N–H and O–H groups in total. The number of nitrogens with one attached hydrogen (secondary N) is 2. The Hall–Kier alpha value is -1.88. The van der Waals surface area contributed by atoms with Crippen LogP contribution in [0.15, 0.2) is 18.2 Å². The molecule has 0 aromatic heterocycles. The second-order valence-corrected chi connectivity index (χ2v) is 5.47. The summed E-state index contributed by atoms with van der Waals surface area (Å²) in [7, 11) is 0. The van der Waals surface area contributed by atoms with Crippen LogP contribution < -0.4 is 10.6 Å². The van der Waals surface area contributed by atoms with E-state index in [-0.39, 0.29) is 18.4 Å². The van der Waals surface area contributed by atoms with E-state index in [4.69, 9.17) is 0 Å². The lowest BCUT2D eigenvalue weighted by atomic mass is 9.80. The number of carbonyl (C=O) groups excluding carboxylic acids is 2. The molecule has 5 nitrogen and oxygen atoms in total. The van der Waals surface area contributed by atoms with Crippen LogP contribution in [0.4, 0.5) is 5.69 Å². The van der Waals surface area contributed by atoms with E-state index in [1.165, 1.54) is 6.92 Å². The quantitative estimate of drug-likeness (QED) is 0.781. The third-order valence-electron chi connectivity index (χ3n) is 3.67. The van der Waals surface area contributed by atoms with Gasteiger partial charge in [0.2, 0.25) is 5.91 Å². The first kappa shape index (κ1) is 14.5. The van der Waals surface area contributed by atoms with Gasteiger partial charge in [0.25, 0.3) is 5.91 Å². The first-order valence-electron chi connectivity index (χ1n) is 6.78. The number of hydrogen-bond donors (Lipinski definition) is 3. The lowest BCUT2D eigenvalue weighted by Gasteiger charge is -2.36. The maximum absolute atomic E-state index is 12.0. The highest BCUT2D eigenvalue weighted by molar-refractivity contribution is 5.97. The van der Waals surface area contributed by atoms with E-state index in [1.807, 2.05) is 6.92 Å². The first-order valence-corrected chi connectivity index (χ1v) is 6.78. The number of anilines is 1. The van der Waals surface area contributed by atoms with Crippen molar-refractivity contribution in [3.63, 3.8) is 0 Å². The third-order valence-corrected chi connectivity index (χ3v) is 3.67. The van der Waals surface area contributed by atoms with Gasteiger partial charge in [0.1, 0.15) is 0 Å². The van der Waals surface area contributed by atoms with Crippen molar-refractivity contribution in [2.45, 2.75) is 38.7 Å². The number of rotatable bonds is 4. The lowest BCUT2D eigenvalue weighted by Crippen LogP contribution is -2.47. The largest absolute Gasteiger partial charge is 0.388 e. The summed E-state index contributed by atoms with van der Waals surface area (Å²) in [5, 5.41) is 15.4. The smallest absolute Gasteiger partial charge is 0.251 e. The minimum absolute atomic E-state index is 0.172. The van der Waals surface area contributed by atoms with Gasteiger partial charge in [-0.1, -0.05) is 6.07 Å². The highest BCUT2D eigenvalue weighted by atomic mass is 16.3. The van der Waals surface area contributed by atoms with Crippen LogP contribution in [-0.4, -0.2) is 29.1 Å². The van der Waals surface area contributed by atoms with Gasteiger partial charge in [-0.25, -0.2) is 0 Å². The zero-order valence-corrected chi connectivity index (χ0v) is 11.8. The molecule has 2 rings (SSSR count). The average molecular weight is 276 g/mol. The molecule has 20 heavy (non-hydrogen) atoms. The van der Waals surface area contributed by atoms with Gasteiger partial charge in [0.05, 0.1) is 5.60 Å². The molecule has 0 bridgehead atoms. The van der Waals surface area contributed by atoms with Crippen molar-refractivity contribution in [1.29, 1.82) is 0 Å². The second kappa shape index (κ2) is 5.63. The van der Waals surface area contributed by atoms with Crippen LogP contribution in [0, 0.1) is 6.92 Å². The molecular formula is C15H20N2O3. The van der Waals surface area contributed by atoms with Crippen molar-refractivity contribution in [1.82, 2.24) is 5.32 Å². The van der Waals surface area contributed by atoms with Crippen LogP contribution in [0.5, 0.6) is 0 Å². The normalized spacial score (nSPS) is 16.1. The predicted octanol–water partition coefficient (Wildman–Crippen LogP) is 1.60. The molecule has 108 valence electrons. The molecule has 0 unspecified atom stereocenters. The molecule has 0 spiro atoms. The Labute approximate surface area is 118 Å². The van der Waals surface area contributed by atoms with Crippen LogP contribution in [0.3, 0.4) is 0 Å². The van der Waals surface area contributed by atoms with Gasteiger partial charge >= 0.3 is 0 Å². The second-order valence-electron chi connectivity index (χ2n) is 5.47. The summed E-state index contributed by atoms with van der Waals surface area (Å²) < 4.78 is 0. The zero-order valence-electron chi connectivity index (χ0n) is 11.8. The van der Waals surface area contributed by atoms with Gasteiger partial charge in [0.15, 0.2) is 0 Å². The van der Waals surface area contributed by atoms with Crippen molar-refractivity contribution in [2.24, 2.45) is 0 Å². The van der Waals surface area contributed by atoms with E-state index in [9.17, 15) is 14.7 Å². The molecule has 1 aromatic rings. The number of amides is 2. The fraction of sp³-hybridized carbons (Fsp3) is 0.467. The lowest BCUT2D eigenvalue weighted by molar-refractivity contribution is -0.114. The van der Waals surface area contributed by atoms with Crippen molar-refractivity contribution in [3.8, 4) is 0 Å². The van der Waals surface area contributed by atoms with Gasteiger partial charge in [-0.15, -0.1) is 0 Å². The Balaban J connectivity index is 2.03. The molecule has 0 saturated heterocycles. The summed E-state index contributed by atoms with van der Waals surface area (Å²) in [4.78, 5) is 23.2. The van der Waals surface area contributed by atoms with Crippen molar-refractivity contribution in [2.75, 3.05) is 11.9 Å². The fourth-order valence-corrected chi connectivity index (χ4v) is 2.20. The zero-order chi connectivity index (χ0) is 14.8. The molecule has 2 amide bonds. The van der Waals surface area contributed by atoms with Gasteiger partial charge in [-0.3, -0.25) is 9.59 Å². The molecule has 1 aromatic carbocycles. The highest BCUT2D eigenvalue weighted by Crippen LogP contribution is 2.30. The predicted molar refractivity (Wildman–Crippen MR) is 76.6 cm³/mol. The summed E-state index contributed by atoms with van der Waals surface area (Å²) in [6.45, 7) is 3.57. The molecule has 0 atom stereocenters. The molecule has 0 radical (unpaired) electrons. The van der Waals surface area contributed by atoms with Crippen molar-refractivity contribution in [3.05, 3.63) is 29.3 Å². The minimum atomic E-state index is -0.735. The fourth-order valence-electron chi connectivity index (χ4n) is 2.20. The Morgan fingerprint density at radius 2 is 2.05 bits per heavy atom. The molecule has 1 fully saturated rings. The maximum atomic E-state index is 12.0. The SMILES string of the molecule is CC(=O)Nc1cc(C(=O)NCC2(O)CCC2)ccc1C. The number of benzene rings is 1. The van der Waals surface area contributed by atoms with Gasteiger partial charge in [-0.05, 0) is 43.9 Å². The Bertz CT molecular complexity index is 536. The van der Waals surface area contributed by atoms with E-state index in [0.29, 0.717) is 11.3 Å². The van der Waals surface area contributed by atoms with Crippen LogP contribution in [-0.2, 0) is 4.79 Å². The van der Waals surface area contributed by atoms with Crippen molar-refractivity contribution >= 4 is 17.5 Å². The van der Waals surface area contributed by atoms with Crippen LogP contribution in [0.25, 0.3) is 0 Å². The van der Waals surface area contributed by atoms with Gasteiger partial charge in [-0.2, -0.15) is 0 Å². The van der Waals surface area contributed by atoms with E-state index >= 15 is 0 Å². The monoisotopic (exact) mass is 276 g/mol. The van der Waals surface area contributed by atoms with Gasteiger partial charge in [0, 0.05) is 24.7 Å². The number of aryl methyl sites for hydroxylation is 1. The molecule has 1 saturated carbocycles. The number of carbonyl (C=O) groups is 2. The summed E-state index contributed by atoms with van der Waals surface area (Å²) in [6.07, 6.45) is 2.47.